The Morgan fingerprint density at radius 2 is 1.63 bits per heavy atom. The van der Waals surface area contributed by atoms with Crippen LogP contribution < -0.4 is 4.31 Å². The lowest BCUT2D eigenvalue weighted by Gasteiger charge is -2.23. The van der Waals surface area contributed by atoms with Crippen LogP contribution in [0, 0.1) is 0 Å². The van der Waals surface area contributed by atoms with E-state index in [0.29, 0.717) is 5.69 Å². The highest BCUT2D eigenvalue weighted by molar-refractivity contribution is 7.93. The molecule has 0 saturated heterocycles. The second-order valence-electron chi connectivity index (χ2n) is 6.37. The second kappa shape index (κ2) is 9.61. The molecule has 0 aliphatic rings. The molecule has 0 heterocycles. The van der Waals surface area contributed by atoms with Crippen molar-refractivity contribution in [1.29, 1.82) is 0 Å². The molecule has 30 heavy (non-hydrogen) atoms. The van der Waals surface area contributed by atoms with E-state index in [2.05, 4.69) is 6.58 Å². The van der Waals surface area contributed by atoms with Gasteiger partial charge in [-0.3, -0.25) is 4.31 Å². The van der Waals surface area contributed by atoms with Crippen LogP contribution >= 0.6 is 11.6 Å². The fourth-order valence-electron chi connectivity index (χ4n) is 2.81. The number of esters is 1. The van der Waals surface area contributed by atoms with Crippen molar-refractivity contribution in [3.8, 4) is 0 Å². The summed E-state index contributed by atoms with van der Waals surface area (Å²) in [4.78, 5) is 12.3. The van der Waals surface area contributed by atoms with Gasteiger partial charge in [0.2, 0.25) is 0 Å². The van der Waals surface area contributed by atoms with Crippen molar-refractivity contribution in [2.75, 3.05) is 10.8 Å². The van der Waals surface area contributed by atoms with Gasteiger partial charge in [0.25, 0.3) is 10.0 Å². The first-order valence-electron chi connectivity index (χ1n) is 9.13. The van der Waals surface area contributed by atoms with Crippen molar-refractivity contribution < 1.29 is 17.9 Å². The van der Waals surface area contributed by atoms with Gasteiger partial charge in [0.1, 0.15) is 11.5 Å². The quantitative estimate of drug-likeness (QED) is 0.361. The molecule has 7 heteroatoms. The molecule has 0 spiro atoms. The maximum Gasteiger partial charge on any atom is 0.338 e. The minimum absolute atomic E-state index is 0.0135. The average molecular weight is 442 g/mol. The highest BCUT2D eigenvalue weighted by atomic mass is 35.5. The maximum atomic E-state index is 13.3. The van der Waals surface area contributed by atoms with Gasteiger partial charge in [-0.05, 0) is 35.9 Å². The molecule has 0 saturated carbocycles. The summed E-state index contributed by atoms with van der Waals surface area (Å²) >= 11 is 6.21. The van der Waals surface area contributed by atoms with E-state index in [1.54, 1.807) is 30.3 Å². The fraction of sp³-hybridized carbons (Fsp3) is 0.0870. The lowest BCUT2D eigenvalue weighted by molar-refractivity contribution is 0.0472. The van der Waals surface area contributed by atoms with E-state index in [1.165, 1.54) is 28.6 Å². The number of halogens is 1. The topological polar surface area (TPSA) is 63.7 Å². The van der Waals surface area contributed by atoms with Crippen molar-refractivity contribution in [1.82, 2.24) is 0 Å². The van der Waals surface area contributed by atoms with E-state index >= 15 is 0 Å². The van der Waals surface area contributed by atoms with E-state index in [9.17, 15) is 13.2 Å². The summed E-state index contributed by atoms with van der Waals surface area (Å²) < 4.78 is 33.2. The third-order valence-corrected chi connectivity index (χ3v) is 6.56. The van der Waals surface area contributed by atoms with Gasteiger partial charge >= 0.3 is 5.97 Å². The zero-order valence-corrected chi connectivity index (χ0v) is 17.6. The summed E-state index contributed by atoms with van der Waals surface area (Å²) in [6.45, 7) is 3.77. The molecule has 0 amide bonds. The van der Waals surface area contributed by atoms with Gasteiger partial charge < -0.3 is 4.74 Å². The maximum absolute atomic E-state index is 13.3. The number of hydrogen-bond acceptors (Lipinski definition) is 4. The van der Waals surface area contributed by atoms with Crippen LogP contribution in [0.4, 0.5) is 5.69 Å². The summed E-state index contributed by atoms with van der Waals surface area (Å²) in [5.41, 5.74) is 1.39. The van der Waals surface area contributed by atoms with Gasteiger partial charge in [-0.1, -0.05) is 66.2 Å². The molecule has 0 aliphatic carbocycles. The van der Waals surface area contributed by atoms with Crippen molar-refractivity contribution in [2.24, 2.45) is 0 Å². The number of anilines is 1. The number of benzene rings is 3. The summed E-state index contributed by atoms with van der Waals surface area (Å²) in [5, 5.41) is 0.0135. The number of para-hydroxylation sites is 1. The Labute approximate surface area is 181 Å². The molecule has 0 aromatic heterocycles. The minimum atomic E-state index is -4.05. The predicted octanol–water partition coefficient (Wildman–Crippen LogP) is 5.08. The molecule has 0 radical (unpaired) electrons. The zero-order chi connectivity index (χ0) is 21.6. The lowest BCUT2D eigenvalue weighted by Crippen LogP contribution is -2.31. The van der Waals surface area contributed by atoms with Crippen molar-refractivity contribution in [3.63, 3.8) is 0 Å². The van der Waals surface area contributed by atoms with Gasteiger partial charge in [0.05, 0.1) is 22.8 Å². The van der Waals surface area contributed by atoms with Gasteiger partial charge in [0, 0.05) is 0 Å². The highest BCUT2D eigenvalue weighted by Crippen LogP contribution is 2.29. The Kier molecular flexibility index (Phi) is 6.92. The molecule has 3 aromatic rings. The second-order valence-corrected chi connectivity index (χ2v) is 8.61. The molecule has 0 aliphatic heterocycles. The Morgan fingerprint density at radius 3 is 2.27 bits per heavy atom. The SMILES string of the molecule is C=CCN(c1ccccc1)S(=O)(=O)c1cc(C(=O)OCc2ccccc2)ccc1Cl. The van der Waals surface area contributed by atoms with E-state index < -0.39 is 16.0 Å². The molecule has 154 valence electrons. The van der Waals surface area contributed by atoms with Gasteiger partial charge in [-0.15, -0.1) is 6.58 Å². The Balaban J connectivity index is 1.91. The van der Waals surface area contributed by atoms with Crippen LogP contribution in [0.5, 0.6) is 0 Å². The largest absolute Gasteiger partial charge is 0.457 e. The number of sulfonamides is 1. The molecular formula is C23H20ClNO4S. The number of carbonyl (C=O) groups excluding carboxylic acids is 1. The molecule has 5 nitrogen and oxygen atoms in total. The molecule has 0 atom stereocenters. The van der Waals surface area contributed by atoms with Crippen molar-refractivity contribution >= 4 is 33.3 Å². The van der Waals surface area contributed by atoms with E-state index in [-0.39, 0.29) is 28.6 Å². The summed E-state index contributed by atoms with van der Waals surface area (Å²) in [5.74, 6) is -0.637. The van der Waals surface area contributed by atoms with Crippen LogP contribution in [0.25, 0.3) is 0 Å². The molecule has 0 unspecified atom stereocenters. The van der Waals surface area contributed by atoms with E-state index in [1.807, 2.05) is 30.3 Å². The third-order valence-electron chi connectivity index (χ3n) is 4.29. The fourth-order valence-corrected chi connectivity index (χ4v) is 4.75. The van der Waals surface area contributed by atoms with Crippen molar-refractivity contribution in [3.05, 3.63) is 108 Å². The summed E-state index contributed by atoms with van der Waals surface area (Å²) in [6.07, 6.45) is 1.48. The molecule has 3 aromatic carbocycles. The van der Waals surface area contributed by atoms with Crippen molar-refractivity contribution in [2.45, 2.75) is 11.5 Å². The van der Waals surface area contributed by atoms with Crippen LogP contribution in [0.2, 0.25) is 5.02 Å². The van der Waals surface area contributed by atoms with Crippen LogP contribution in [0.15, 0.2) is 96.4 Å². The molecule has 3 rings (SSSR count). The zero-order valence-electron chi connectivity index (χ0n) is 16.1. The number of hydrogen-bond donors (Lipinski definition) is 0. The number of nitrogens with zero attached hydrogens (tertiary/aromatic N) is 1. The minimum Gasteiger partial charge on any atom is -0.457 e. The highest BCUT2D eigenvalue weighted by Gasteiger charge is 2.27. The normalized spacial score (nSPS) is 11.0. The van der Waals surface area contributed by atoms with Gasteiger partial charge in [0.15, 0.2) is 0 Å². The first-order valence-corrected chi connectivity index (χ1v) is 10.9. The average Bonchev–Trinajstić information content (AvgIpc) is 2.77. The standard InChI is InChI=1S/C23H20ClNO4S/c1-2-15-25(20-11-7-4-8-12-20)30(27,28)22-16-19(13-14-21(22)24)23(26)29-17-18-9-5-3-6-10-18/h2-14,16H,1,15,17H2. The number of ether oxygens (including phenoxy) is 1. The molecule has 0 bridgehead atoms. The third kappa shape index (κ3) is 4.90. The van der Waals surface area contributed by atoms with E-state index in [0.717, 1.165) is 5.56 Å². The molecule has 0 N–H and O–H groups in total. The van der Waals surface area contributed by atoms with Crippen LogP contribution in [0.1, 0.15) is 15.9 Å². The Bertz CT molecular complexity index is 1130. The Hall–Kier alpha value is -3.09. The molecular weight excluding hydrogens is 422 g/mol. The van der Waals surface area contributed by atoms with Crippen LogP contribution in [0.3, 0.4) is 0 Å². The smallest absolute Gasteiger partial charge is 0.338 e. The van der Waals surface area contributed by atoms with Crippen LogP contribution in [-0.2, 0) is 21.4 Å². The number of rotatable bonds is 8. The van der Waals surface area contributed by atoms with Crippen LogP contribution in [-0.4, -0.2) is 20.9 Å². The monoisotopic (exact) mass is 441 g/mol. The first-order chi connectivity index (χ1) is 14.4. The van der Waals surface area contributed by atoms with E-state index in [4.69, 9.17) is 16.3 Å². The first kappa shape index (κ1) is 21.6. The Morgan fingerprint density at radius 1 is 1.00 bits per heavy atom. The lowest BCUT2D eigenvalue weighted by atomic mass is 10.2. The van der Waals surface area contributed by atoms with Gasteiger partial charge in [-0.25, -0.2) is 13.2 Å². The van der Waals surface area contributed by atoms with Gasteiger partial charge in [-0.2, -0.15) is 0 Å². The summed E-state index contributed by atoms with van der Waals surface area (Å²) in [7, 11) is -4.05. The number of carbonyl (C=O) groups is 1. The predicted molar refractivity (Wildman–Crippen MR) is 118 cm³/mol. The molecule has 0 fully saturated rings. The summed E-state index contributed by atoms with van der Waals surface area (Å²) in [6, 6.07) is 21.9.